The average Bonchev–Trinajstić information content (AvgIpc) is 3.09. The average molecular weight is 400 g/mol. The lowest BCUT2D eigenvalue weighted by Crippen LogP contribution is -2.28. The summed E-state index contributed by atoms with van der Waals surface area (Å²) < 4.78 is 0. The van der Waals surface area contributed by atoms with Crippen molar-refractivity contribution in [3.63, 3.8) is 0 Å². The lowest BCUT2D eigenvalue weighted by atomic mass is 10.1. The van der Waals surface area contributed by atoms with E-state index in [1.54, 1.807) is 23.2 Å². The Balaban J connectivity index is 1.58. The van der Waals surface area contributed by atoms with Gasteiger partial charge in [0.25, 0.3) is 5.91 Å². The van der Waals surface area contributed by atoms with Gasteiger partial charge in [-0.05, 0) is 24.5 Å². The first-order chi connectivity index (χ1) is 13.1. The van der Waals surface area contributed by atoms with E-state index in [2.05, 4.69) is 20.6 Å². The molecule has 1 aliphatic rings. The predicted octanol–water partition coefficient (Wildman–Crippen LogP) is 2.77. The molecule has 3 amide bonds. The number of thioether (sulfide) groups is 1. The summed E-state index contributed by atoms with van der Waals surface area (Å²) >= 11 is 2.75. The molecule has 0 aliphatic carbocycles. The smallest absolute Gasteiger partial charge is 0.262 e. The highest BCUT2D eigenvalue weighted by Gasteiger charge is 2.25. The highest BCUT2D eigenvalue weighted by Crippen LogP contribution is 2.25. The number of para-hydroxylation sites is 1. The third-order valence-electron chi connectivity index (χ3n) is 3.64. The molecule has 138 valence electrons. The molecule has 27 heavy (non-hydrogen) atoms. The Hall–Kier alpha value is -2.78. The number of amides is 3. The van der Waals surface area contributed by atoms with E-state index in [4.69, 9.17) is 0 Å². The third-order valence-corrected chi connectivity index (χ3v) is 5.25. The van der Waals surface area contributed by atoms with E-state index < -0.39 is 17.7 Å². The van der Waals surface area contributed by atoms with Gasteiger partial charge < -0.3 is 10.6 Å². The number of nitrogens with one attached hydrogen (secondary N) is 2. The number of aromatic nitrogens is 1. The highest BCUT2D eigenvalue weighted by molar-refractivity contribution is 7.98. The summed E-state index contributed by atoms with van der Waals surface area (Å²) in [5.41, 5.74) is 1.29. The Bertz CT molecular complexity index is 936. The number of anilines is 2. The summed E-state index contributed by atoms with van der Waals surface area (Å²) in [7, 11) is 0. The lowest BCUT2D eigenvalue weighted by molar-refractivity contribution is -0.128. The summed E-state index contributed by atoms with van der Waals surface area (Å²) in [6.45, 7) is 0. The Morgan fingerprint density at radius 3 is 2.85 bits per heavy atom. The first-order valence-corrected chi connectivity index (χ1v) is 10.1. The number of benzene rings is 1. The van der Waals surface area contributed by atoms with Crippen LogP contribution in [0.4, 0.5) is 10.8 Å². The van der Waals surface area contributed by atoms with Crippen molar-refractivity contribution in [2.24, 2.45) is 10.9 Å². The van der Waals surface area contributed by atoms with Crippen molar-refractivity contribution in [1.29, 1.82) is 0 Å². The van der Waals surface area contributed by atoms with Crippen LogP contribution in [0.2, 0.25) is 0 Å². The lowest BCUT2D eigenvalue weighted by Gasteiger charge is -2.09. The zero-order valence-electron chi connectivity index (χ0n) is 14.3. The monoisotopic (exact) mass is 400 g/mol. The number of hydrogen-bond donors (Lipinski definition) is 2. The van der Waals surface area contributed by atoms with Crippen LogP contribution >= 0.6 is 23.1 Å². The number of thiazole rings is 1. The van der Waals surface area contributed by atoms with Gasteiger partial charge in [0.1, 0.15) is 5.92 Å². The van der Waals surface area contributed by atoms with E-state index in [9.17, 15) is 14.4 Å². The predicted molar refractivity (Wildman–Crippen MR) is 107 cm³/mol. The zero-order chi connectivity index (χ0) is 19.2. The summed E-state index contributed by atoms with van der Waals surface area (Å²) in [5, 5.41) is 7.49. The standard InChI is InChI=1S/C18H16N4O3S2/c1-26-14-7-3-2-6-13(14)21-15(23)9-11-10-27-18(20-11)22-17(25)12-5-4-8-19-16(12)24/h2-8,10,12H,9H2,1H3,(H,21,23)(H,20,22,25). The number of aliphatic imine (C=N–C) groups is 1. The fourth-order valence-electron chi connectivity index (χ4n) is 2.37. The van der Waals surface area contributed by atoms with Gasteiger partial charge in [-0.1, -0.05) is 18.2 Å². The minimum absolute atomic E-state index is 0.0850. The molecule has 0 saturated heterocycles. The molecule has 1 atom stereocenters. The maximum atomic E-state index is 12.3. The molecule has 1 unspecified atom stereocenters. The molecule has 7 nitrogen and oxygen atoms in total. The van der Waals surface area contributed by atoms with Gasteiger partial charge in [0.2, 0.25) is 11.8 Å². The van der Waals surface area contributed by atoms with Crippen molar-refractivity contribution in [3.05, 3.63) is 47.5 Å². The molecule has 0 radical (unpaired) electrons. The molecular formula is C18H16N4O3S2. The number of nitrogens with zero attached hydrogens (tertiary/aromatic N) is 2. The molecule has 2 heterocycles. The Labute approximate surface area is 164 Å². The molecule has 2 N–H and O–H groups in total. The van der Waals surface area contributed by atoms with Gasteiger partial charge in [-0.2, -0.15) is 0 Å². The number of carbonyl (C=O) groups is 3. The molecule has 0 saturated carbocycles. The van der Waals surface area contributed by atoms with E-state index in [0.29, 0.717) is 10.8 Å². The zero-order valence-corrected chi connectivity index (χ0v) is 16.0. The maximum Gasteiger partial charge on any atom is 0.262 e. The summed E-state index contributed by atoms with van der Waals surface area (Å²) in [5.74, 6) is -2.15. The van der Waals surface area contributed by atoms with Crippen LogP contribution in [0.5, 0.6) is 0 Å². The largest absolute Gasteiger partial charge is 0.325 e. The number of rotatable bonds is 6. The van der Waals surface area contributed by atoms with Crippen LogP contribution in [0.3, 0.4) is 0 Å². The van der Waals surface area contributed by atoms with Crippen LogP contribution in [-0.4, -0.2) is 35.2 Å². The van der Waals surface area contributed by atoms with Crippen molar-refractivity contribution in [2.75, 3.05) is 16.9 Å². The van der Waals surface area contributed by atoms with Crippen molar-refractivity contribution in [1.82, 2.24) is 4.98 Å². The van der Waals surface area contributed by atoms with Gasteiger partial charge in [-0.15, -0.1) is 23.1 Å². The second kappa shape index (κ2) is 8.74. The Morgan fingerprint density at radius 1 is 1.26 bits per heavy atom. The van der Waals surface area contributed by atoms with Gasteiger partial charge in [0, 0.05) is 16.5 Å². The molecule has 0 fully saturated rings. The van der Waals surface area contributed by atoms with Gasteiger partial charge in [0.05, 0.1) is 17.8 Å². The van der Waals surface area contributed by atoms with Crippen LogP contribution in [-0.2, 0) is 20.8 Å². The summed E-state index contributed by atoms with van der Waals surface area (Å²) in [4.78, 5) is 44.8. The van der Waals surface area contributed by atoms with E-state index in [0.717, 1.165) is 10.6 Å². The summed E-state index contributed by atoms with van der Waals surface area (Å²) in [6, 6.07) is 7.54. The first-order valence-electron chi connectivity index (χ1n) is 7.99. The van der Waals surface area contributed by atoms with Crippen LogP contribution in [0.1, 0.15) is 5.69 Å². The highest BCUT2D eigenvalue weighted by atomic mass is 32.2. The van der Waals surface area contributed by atoms with Gasteiger partial charge in [0.15, 0.2) is 5.13 Å². The molecule has 3 rings (SSSR count). The number of carbonyl (C=O) groups excluding carboxylic acids is 3. The van der Waals surface area contributed by atoms with Crippen molar-refractivity contribution in [3.8, 4) is 0 Å². The normalized spacial score (nSPS) is 15.6. The number of allylic oxidation sites excluding steroid dienone is 1. The van der Waals surface area contributed by atoms with Crippen molar-refractivity contribution in [2.45, 2.75) is 11.3 Å². The number of hydrogen-bond acceptors (Lipinski definition) is 6. The third kappa shape index (κ3) is 4.89. The molecule has 9 heteroatoms. The van der Waals surface area contributed by atoms with Gasteiger partial charge in [-0.25, -0.2) is 9.98 Å². The molecular weight excluding hydrogens is 384 g/mol. The van der Waals surface area contributed by atoms with Crippen molar-refractivity contribution < 1.29 is 14.4 Å². The molecule has 1 aliphatic heterocycles. The number of dihydropyridines is 1. The van der Waals surface area contributed by atoms with Crippen LogP contribution < -0.4 is 10.6 Å². The van der Waals surface area contributed by atoms with Crippen molar-refractivity contribution >= 4 is 57.9 Å². The minimum Gasteiger partial charge on any atom is -0.325 e. The SMILES string of the molecule is CSc1ccccc1NC(=O)Cc1csc(NC(=O)C2C=CC=NC2=O)n1. The van der Waals surface area contributed by atoms with Gasteiger partial charge >= 0.3 is 0 Å². The summed E-state index contributed by atoms with van der Waals surface area (Å²) in [6.07, 6.45) is 6.41. The minimum atomic E-state index is -0.950. The van der Waals surface area contributed by atoms with Crippen LogP contribution in [0.15, 0.2) is 51.7 Å². The van der Waals surface area contributed by atoms with E-state index >= 15 is 0 Å². The first kappa shape index (κ1) is 19.0. The second-order valence-corrected chi connectivity index (χ2v) is 7.24. The Kier molecular flexibility index (Phi) is 6.15. The van der Waals surface area contributed by atoms with E-state index in [1.807, 2.05) is 30.5 Å². The fourth-order valence-corrected chi connectivity index (χ4v) is 3.64. The van der Waals surface area contributed by atoms with Crippen LogP contribution in [0.25, 0.3) is 0 Å². The van der Waals surface area contributed by atoms with E-state index in [-0.39, 0.29) is 12.3 Å². The van der Waals surface area contributed by atoms with Crippen LogP contribution in [0, 0.1) is 5.92 Å². The topological polar surface area (TPSA) is 101 Å². The maximum absolute atomic E-state index is 12.3. The Morgan fingerprint density at radius 2 is 2.07 bits per heavy atom. The quantitative estimate of drug-likeness (QED) is 0.574. The van der Waals surface area contributed by atoms with Gasteiger partial charge in [-0.3, -0.25) is 14.4 Å². The molecule has 1 aromatic heterocycles. The second-order valence-electron chi connectivity index (χ2n) is 5.54. The molecule has 2 aromatic rings. The molecule has 0 bridgehead atoms. The molecule has 0 spiro atoms. The molecule has 1 aromatic carbocycles. The van der Waals surface area contributed by atoms with E-state index in [1.165, 1.54) is 23.6 Å². The fraction of sp³-hybridized carbons (Fsp3) is 0.167.